The first-order chi connectivity index (χ1) is 54.0. The van der Waals surface area contributed by atoms with Crippen LogP contribution >= 0.6 is 12.6 Å². The normalized spacial score (nSPS) is 15.5. The smallest absolute Gasteiger partial charge is 0.326 e. The number of unbranched alkanes of at least 4 members (excludes halogenated alkanes) is 2. The van der Waals surface area contributed by atoms with E-state index in [2.05, 4.69) is 81.4 Å². The summed E-state index contributed by atoms with van der Waals surface area (Å²) in [4.78, 5) is 256. The van der Waals surface area contributed by atoms with Crippen LogP contribution in [0.15, 0.2) is 4.99 Å². The van der Waals surface area contributed by atoms with Crippen LogP contribution in [-0.4, -0.2) is 272 Å². The van der Waals surface area contributed by atoms with Crippen molar-refractivity contribution in [2.24, 2.45) is 62.9 Å². The van der Waals surface area contributed by atoms with Crippen molar-refractivity contribution in [3.63, 3.8) is 0 Å². The molecule has 0 spiro atoms. The van der Waals surface area contributed by atoms with Crippen LogP contribution in [0.2, 0.25) is 0 Å². The van der Waals surface area contributed by atoms with Gasteiger partial charge >= 0.3 is 23.9 Å². The number of nitrogens with one attached hydrogen (secondary N) is 13. The number of hydrogen-bond donors (Lipinski definition) is 27. The number of amides is 15. The number of primary amides is 2. The highest BCUT2D eigenvalue weighted by Gasteiger charge is 2.40. The molecule has 17 atom stereocenters. The maximum atomic E-state index is 14.6. The first-order valence-corrected chi connectivity index (χ1v) is 38.1. The van der Waals surface area contributed by atoms with Crippen LogP contribution in [0.4, 0.5) is 0 Å². The fourth-order valence-corrected chi connectivity index (χ4v) is 11.0. The number of carbonyl (C=O) groups excluding carboxylic acids is 15. The zero-order valence-electron chi connectivity index (χ0n) is 65.4. The molecule has 46 nitrogen and oxygen atoms in total. The first kappa shape index (κ1) is 104. The number of guanidine groups is 1. The molecule has 0 unspecified atom stereocenters. The van der Waals surface area contributed by atoms with Gasteiger partial charge in [-0.25, -0.2) is 4.79 Å². The number of aliphatic hydroxyl groups is 2. The Morgan fingerprint density at radius 2 is 0.635 bits per heavy atom. The SMILES string of the molecule is CC[C@H](C)[C@H](NC(=O)[C@H](CCCCN)NC(=O)[C@H](CCCN=C(N)N)NC(=O)[C@H](CO)NC(=O)[C@@H](NC(=O)[C@@H](NC(=O)[C@H](CS)NC(=O)[C@H](CC(=O)O)NC(=O)[C@H](CO)NC(=O)[C@@H](N)CC(N)=O)[C@@H](C)CC)[C@@H](C)CC)C(=O)N[C@@H](CCC(=O)O)C(=O)N[C@@H](CCC(N)=O)C(=O)N[C@@H](CCCCN)C(=O)N[C@@H](CCC(=O)O)C(=O)O. The number of carboxylic acids is 4. The van der Waals surface area contributed by atoms with Crippen LogP contribution < -0.4 is 109 Å². The Bertz CT molecular complexity index is 3340. The van der Waals surface area contributed by atoms with Crippen LogP contribution in [0, 0.1) is 17.8 Å². The zero-order chi connectivity index (χ0) is 87.9. The Morgan fingerprint density at radius 3 is 0.983 bits per heavy atom. The predicted molar refractivity (Wildman–Crippen MR) is 411 cm³/mol. The minimum atomic E-state index is -1.98. The van der Waals surface area contributed by atoms with Gasteiger partial charge in [-0.3, -0.25) is 91.3 Å². The number of carbonyl (C=O) groups is 19. The van der Waals surface area contributed by atoms with E-state index >= 15 is 0 Å². The molecule has 0 saturated carbocycles. The number of aliphatic hydroxyl groups excluding tert-OH is 2. The van der Waals surface area contributed by atoms with Crippen molar-refractivity contribution in [3.05, 3.63) is 0 Å². The van der Waals surface area contributed by atoms with Gasteiger partial charge in [0.1, 0.15) is 78.5 Å². The second-order valence-corrected chi connectivity index (χ2v) is 27.7. The molecule has 0 aromatic rings. The van der Waals surface area contributed by atoms with Crippen molar-refractivity contribution in [2.75, 3.05) is 38.6 Å². The van der Waals surface area contributed by atoms with Crippen molar-refractivity contribution in [1.29, 1.82) is 0 Å². The quantitative estimate of drug-likeness (QED) is 0.0116. The topological polar surface area (TPSA) is 797 Å². The van der Waals surface area contributed by atoms with Crippen molar-refractivity contribution in [2.45, 2.75) is 248 Å². The van der Waals surface area contributed by atoms with Crippen molar-refractivity contribution in [3.8, 4) is 0 Å². The zero-order valence-corrected chi connectivity index (χ0v) is 66.3. The summed E-state index contributed by atoms with van der Waals surface area (Å²) < 4.78 is 0. The molecule has 0 saturated heterocycles. The van der Waals surface area contributed by atoms with Gasteiger partial charge < -0.3 is 140 Å². The van der Waals surface area contributed by atoms with Gasteiger partial charge in [-0.15, -0.1) is 0 Å². The number of rotatable bonds is 61. The van der Waals surface area contributed by atoms with Crippen molar-refractivity contribution < 1.29 is 122 Å². The predicted octanol–water partition coefficient (Wildman–Crippen LogP) is -9.59. The third-order valence-corrected chi connectivity index (χ3v) is 18.6. The molecule has 0 bridgehead atoms. The number of nitrogens with zero attached hydrogens (tertiary/aromatic N) is 1. The molecule has 652 valence electrons. The summed E-state index contributed by atoms with van der Waals surface area (Å²) in [6.45, 7) is 7.31. The molecule has 47 heteroatoms. The minimum absolute atomic E-state index is 0.0489. The standard InChI is InChI=1S/C68H119N21O25S/c1-7-32(4)51(64(110)81-40(19-22-48(94)95)58(104)80-39(18-21-46(72)92)57(103)77-36(15-10-12-24-69)56(102)82-41(67(113)114)20-23-49(96)97)87-59(105)37(16-11-13-25-70)78-55(101)38(17-14-26-76-68(74)75)79-61(107)44(30-91)85-65(111)52(33(5)8-2)89-66(112)53(34(6)9-3)88-63(109)45(31-115)86-60(106)42(28-50(98)99)83-62(108)43(29-90)84-54(100)35(71)27-47(73)93/h32-45,51-53,90-91,115H,7-31,69-71H2,1-6H3,(H2,72,92)(H2,73,93)(H,77,103)(H,78,101)(H,79,107)(H,80,104)(H,81,110)(H,82,102)(H,83,108)(H,84,100)(H,85,111)(H,86,106)(H,87,105)(H,88,109)(H,89,112)(H,94,95)(H,96,97)(H,98,99)(H,113,114)(H4,74,75,76)/t32-,33-,34-,35-,36-,37-,38-,39-,40-,41-,42-,43-,44-,45-,51-,52-,53-/m0/s1. The second-order valence-electron chi connectivity index (χ2n) is 27.4. The van der Waals surface area contributed by atoms with E-state index in [1.165, 1.54) is 20.8 Å². The molecular formula is C68H119N21O25S. The van der Waals surface area contributed by atoms with Crippen LogP contribution in [0.1, 0.15) is 164 Å². The lowest BCUT2D eigenvalue weighted by molar-refractivity contribution is -0.144. The lowest BCUT2D eigenvalue weighted by atomic mass is 9.94. The highest BCUT2D eigenvalue weighted by molar-refractivity contribution is 7.80. The summed E-state index contributed by atoms with van der Waals surface area (Å²) in [6.07, 6.45) is -4.87. The number of aliphatic carboxylic acids is 4. The first-order valence-electron chi connectivity index (χ1n) is 37.4. The van der Waals surface area contributed by atoms with Gasteiger partial charge in [-0.05, 0) is 101 Å². The summed E-state index contributed by atoms with van der Waals surface area (Å²) in [5.74, 6) is -25.9. The van der Waals surface area contributed by atoms with Gasteiger partial charge in [0.15, 0.2) is 5.96 Å². The molecule has 33 N–H and O–H groups in total. The van der Waals surface area contributed by atoms with Gasteiger partial charge in [0, 0.05) is 31.6 Å². The van der Waals surface area contributed by atoms with Gasteiger partial charge in [0.05, 0.1) is 32.1 Å². The van der Waals surface area contributed by atoms with Crippen molar-refractivity contribution in [1.82, 2.24) is 69.1 Å². The molecule has 15 amide bonds. The second kappa shape index (κ2) is 55.8. The van der Waals surface area contributed by atoms with Crippen LogP contribution in [0.5, 0.6) is 0 Å². The van der Waals surface area contributed by atoms with Crippen molar-refractivity contribution >= 4 is 131 Å². The lowest BCUT2D eigenvalue weighted by Gasteiger charge is -2.31. The van der Waals surface area contributed by atoms with E-state index in [-0.39, 0.29) is 89.8 Å². The summed E-state index contributed by atoms with van der Waals surface area (Å²) in [5.41, 5.74) is 38.6. The third kappa shape index (κ3) is 40.8. The molecule has 0 aromatic heterocycles. The summed E-state index contributed by atoms with van der Waals surface area (Å²) in [6, 6.07) is -23.7. The van der Waals surface area contributed by atoms with Gasteiger partial charge in [-0.1, -0.05) is 60.8 Å². The Balaban J connectivity index is 7.26. The fourth-order valence-electron chi connectivity index (χ4n) is 10.8. The van der Waals surface area contributed by atoms with E-state index in [0.29, 0.717) is 6.42 Å². The summed E-state index contributed by atoms with van der Waals surface area (Å²) in [7, 11) is 0. The molecule has 0 aromatic carbocycles. The number of aliphatic imine (C=N–C) groups is 1. The van der Waals surface area contributed by atoms with Crippen LogP contribution in [0.25, 0.3) is 0 Å². The lowest BCUT2D eigenvalue weighted by Crippen LogP contribution is -2.63. The van der Waals surface area contributed by atoms with E-state index in [1.807, 2.05) is 5.32 Å². The minimum Gasteiger partial charge on any atom is -0.481 e. The number of nitrogens with two attached hydrogens (primary N) is 7. The number of carboxylic acid groups (broad SMARTS) is 4. The fraction of sp³-hybridized carbons (Fsp3) is 0.706. The van der Waals surface area contributed by atoms with Crippen LogP contribution in [-0.2, 0) is 91.1 Å². The average Bonchev–Trinajstić information content (AvgIpc) is 0.854. The van der Waals surface area contributed by atoms with Gasteiger partial charge in [-0.2, -0.15) is 12.6 Å². The largest absolute Gasteiger partial charge is 0.481 e. The van der Waals surface area contributed by atoms with E-state index in [4.69, 9.17) is 45.2 Å². The maximum absolute atomic E-state index is 14.6. The maximum Gasteiger partial charge on any atom is 0.326 e. The van der Waals surface area contributed by atoms with Crippen LogP contribution in [0.3, 0.4) is 0 Å². The number of hydrogen-bond acceptors (Lipinski definition) is 26. The Kier molecular flexibility index (Phi) is 50.6. The Labute approximate surface area is 669 Å². The molecule has 0 fully saturated rings. The molecule has 0 aliphatic rings. The molecule has 0 rings (SSSR count). The Hall–Kier alpha value is -10.6. The average molecular weight is 1660 g/mol. The van der Waals surface area contributed by atoms with E-state index in [0.717, 1.165) is 0 Å². The molecule has 0 aliphatic heterocycles. The van der Waals surface area contributed by atoms with Gasteiger partial charge in [0.25, 0.3) is 0 Å². The number of thiol groups is 1. The molecule has 0 aliphatic carbocycles. The van der Waals surface area contributed by atoms with Gasteiger partial charge in [0.2, 0.25) is 88.6 Å². The highest BCUT2D eigenvalue weighted by Crippen LogP contribution is 2.17. The van der Waals surface area contributed by atoms with E-state index < -0.39 is 285 Å². The molecular weight excluding hydrogens is 1540 g/mol. The summed E-state index contributed by atoms with van der Waals surface area (Å²) >= 11 is 4.15. The monoisotopic (exact) mass is 1660 g/mol. The molecule has 0 heterocycles. The molecule has 0 radical (unpaired) electrons. The molecule has 115 heavy (non-hydrogen) atoms. The third-order valence-electron chi connectivity index (χ3n) is 18.2. The highest BCUT2D eigenvalue weighted by atomic mass is 32.1. The van der Waals surface area contributed by atoms with E-state index in [9.17, 15) is 117 Å². The Morgan fingerprint density at radius 1 is 0.339 bits per heavy atom. The summed E-state index contributed by atoms with van der Waals surface area (Å²) in [5, 5.41) is 89.4. The van der Waals surface area contributed by atoms with E-state index in [1.54, 1.807) is 20.8 Å².